The van der Waals surface area contributed by atoms with Crippen LogP contribution in [-0.2, 0) is 7.05 Å². The van der Waals surface area contributed by atoms with E-state index in [1.807, 2.05) is 38.2 Å². The number of aryl methyl sites for hydroxylation is 2. The summed E-state index contributed by atoms with van der Waals surface area (Å²) < 4.78 is 1.65. The van der Waals surface area contributed by atoms with Crippen LogP contribution < -0.4 is 5.32 Å². The Kier molecular flexibility index (Phi) is 4.73. The van der Waals surface area contributed by atoms with Crippen molar-refractivity contribution < 1.29 is 4.79 Å². The van der Waals surface area contributed by atoms with Crippen LogP contribution in [-0.4, -0.2) is 15.7 Å². The number of rotatable bonds is 4. The molecule has 1 aromatic carbocycles. The molecule has 1 N–H and O–H groups in total. The van der Waals surface area contributed by atoms with E-state index in [9.17, 15) is 4.79 Å². The number of para-hydroxylation sites is 1. The van der Waals surface area contributed by atoms with Gasteiger partial charge in [-0.15, -0.1) is 0 Å². The first-order valence-electron chi connectivity index (χ1n) is 7.76. The molecule has 0 bridgehead atoms. The molecule has 0 spiro atoms. The molecule has 1 heterocycles. The molecule has 0 radical (unpaired) electrons. The van der Waals surface area contributed by atoms with Gasteiger partial charge in [-0.1, -0.05) is 45.5 Å². The summed E-state index contributed by atoms with van der Waals surface area (Å²) in [6.07, 6.45) is 2.60. The number of allylic oxidation sites excluding steroid dienone is 1. The highest BCUT2D eigenvalue weighted by molar-refractivity contribution is 6.06. The molecule has 122 valence electrons. The van der Waals surface area contributed by atoms with E-state index in [0.29, 0.717) is 5.56 Å². The normalized spacial score (nSPS) is 11.3. The van der Waals surface area contributed by atoms with Crippen molar-refractivity contribution in [1.82, 2.24) is 9.78 Å². The number of anilines is 1. The van der Waals surface area contributed by atoms with Gasteiger partial charge < -0.3 is 5.32 Å². The van der Waals surface area contributed by atoms with Gasteiger partial charge in [-0.05, 0) is 30.4 Å². The lowest BCUT2D eigenvalue weighted by atomic mass is 9.85. The van der Waals surface area contributed by atoms with Gasteiger partial charge in [0.2, 0.25) is 0 Å². The molecule has 0 aliphatic rings. The third-order valence-corrected chi connectivity index (χ3v) is 3.56. The van der Waals surface area contributed by atoms with Crippen LogP contribution in [0, 0.1) is 12.3 Å². The lowest BCUT2D eigenvalue weighted by molar-refractivity contribution is 0.102. The van der Waals surface area contributed by atoms with E-state index < -0.39 is 0 Å². The van der Waals surface area contributed by atoms with Crippen LogP contribution in [0.1, 0.15) is 48.8 Å². The number of hydrogen-bond donors (Lipinski definition) is 1. The van der Waals surface area contributed by atoms with Gasteiger partial charge in [0.1, 0.15) is 0 Å². The van der Waals surface area contributed by atoms with E-state index >= 15 is 0 Å². The average molecular weight is 311 g/mol. The largest absolute Gasteiger partial charge is 0.321 e. The van der Waals surface area contributed by atoms with Crippen LogP contribution >= 0.6 is 0 Å². The maximum Gasteiger partial charge on any atom is 0.259 e. The Morgan fingerprint density at radius 3 is 2.48 bits per heavy atom. The molecular formula is C19H25N3O. The molecule has 23 heavy (non-hydrogen) atoms. The highest BCUT2D eigenvalue weighted by Crippen LogP contribution is 2.32. The van der Waals surface area contributed by atoms with Crippen molar-refractivity contribution in [3.05, 3.63) is 53.9 Å². The molecule has 4 heteroatoms. The Labute approximate surface area is 138 Å². The Hall–Kier alpha value is -2.36. The zero-order valence-corrected chi connectivity index (χ0v) is 14.6. The van der Waals surface area contributed by atoms with E-state index in [1.165, 1.54) is 0 Å². The SMILES string of the molecule is C=C(CC(C)(C)C)c1ccccc1NC(=O)c1cn(C)nc1C. The summed E-state index contributed by atoms with van der Waals surface area (Å²) >= 11 is 0. The molecule has 0 unspecified atom stereocenters. The fourth-order valence-corrected chi connectivity index (χ4v) is 2.65. The number of benzene rings is 1. The molecule has 0 saturated carbocycles. The van der Waals surface area contributed by atoms with Gasteiger partial charge in [0.15, 0.2) is 0 Å². The third-order valence-electron chi connectivity index (χ3n) is 3.56. The van der Waals surface area contributed by atoms with Gasteiger partial charge in [0.25, 0.3) is 5.91 Å². The highest BCUT2D eigenvalue weighted by atomic mass is 16.1. The fourth-order valence-electron chi connectivity index (χ4n) is 2.65. The zero-order chi connectivity index (χ0) is 17.2. The third kappa shape index (κ3) is 4.31. The minimum Gasteiger partial charge on any atom is -0.321 e. The van der Waals surface area contributed by atoms with Crippen molar-refractivity contribution >= 4 is 17.2 Å². The molecule has 1 amide bonds. The summed E-state index contributed by atoms with van der Waals surface area (Å²) in [7, 11) is 1.81. The summed E-state index contributed by atoms with van der Waals surface area (Å²) in [6.45, 7) is 12.6. The molecule has 2 rings (SSSR count). The number of carbonyl (C=O) groups is 1. The van der Waals surface area contributed by atoms with E-state index in [4.69, 9.17) is 0 Å². The molecule has 0 aliphatic heterocycles. The van der Waals surface area contributed by atoms with Crippen LogP contribution in [0.15, 0.2) is 37.0 Å². The Morgan fingerprint density at radius 1 is 1.26 bits per heavy atom. The van der Waals surface area contributed by atoms with Gasteiger partial charge in [0, 0.05) is 24.5 Å². The quantitative estimate of drug-likeness (QED) is 0.908. The Balaban J connectivity index is 2.25. The summed E-state index contributed by atoms with van der Waals surface area (Å²) in [5, 5.41) is 7.21. The van der Waals surface area contributed by atoms with Crippen LogP contribution in [0.3, 0.4) is 0 Å². The predicted octanol–water partition coefficient (Wildman–Crippen LogP) is 4.43. The first-order valence-corrected chi connectivity index (χ1v) is 7.76. The van der Waals surface area contributed by atoms with E-state index in [2.05, 4.69) is 37.8 Å². The minimum absolute atomic E-state index is 0.147. The topological polar surface area (TPSA) is 46.9 Å². The molecule has 4 nitrogen and oxygen atoms in total. The van der Waals surface area contributed by atoms with Crippen molar-refractivity contribution in [2.45, 2.75) is 34.1 Å². The van der Waals surface area contributed by atoms with E-state index in [0.717, 1.165) is 28.9 Å². The van der Waals surface area contributed by atoms with Gasteiger partial charge in [-0.2, -0.15) is 5.10 Å². The standard InChI is InChI=1S/C19H25N3O/c1-13(11-19(3,4)5)15-9-7-8-10-17(15)20-18(23)16-12-22(6)21-14(16)2/h7-10,12H,1,11H2,2-6H3,(H,20,23). The van der Waals surface area contributed by atoms with Crippen molar-refractivity contribution in [2.75, 3.05) is 5.32 Å². The first-order chi connectivity index (χ1) is 10.7. The van der Waals surface area contributed by atoms with Gasteiger partial charge >= 0.3 is 0 Å². The average Bonchev–Trinajstić information content (AvgIpc) is 2.76. The van der Waals surface area contributed by atoms with Crippen molar-refractivity contribution in [1.29, 1.82) is 0 Å². The second-order valence-corrected chi connectivity index (χ2v) is 7.14. The Morgan fingerprint density at radius 2 is 1.91 bits per heavy atom. The van der Waals surface area contributed by atoms with Gasteiger partial charge in [0.05, 0.1) is 11.3 Å². The number of aromatic nitrogens is 2. The number of hydrogen-bond acceptors (Lipinski definition) is 2. The second-order valence-electron chi connectivity index (χ2n) is 7.14. The maximum atomic E-state index is 12.5. The van der Waals surface area contributed by atoms with Crippen LogP contribution in [0.4, 0.5) is 5.69 Å². The molecule has 1 aromatic heterocycles. The first kappa shape index (κ1) is 17.0. The molecule has 0 aliphatic carbocycles. The number of carbonyl (C=O) groups excluding carboxylic acids is 1. The number of amides is 1. The maximum absolute atomic E-state index is 12.5. The highest BCUT2D eigenvalue weighted by Gasteiger charge is 2.17. The Bertz CT molecular complexity index is 735. The minimum atomic E-state index is -0.147. The molecular weight excluding hydrogens is 286 g/mol. The molecule has 0 fully saturated rings. The van der Waals surface area contributed by atoms with Gasteiger partial charge in [-0.3, -0.25) is 9.48 Å². The van der Waals surface area contributed by atoms with Gasteiger partial charge in [-0.25, -0.2) is 0 Å². The summed E-state index contributed by atoms with van der Waals surface area (Å²) in [5.74, 6) is -0.147. The summed E-state index contributed by atoms with van der Waals surface area (Å²) in [6, 6.07) is 7.79. The lowest BCUT2D eigenvalue weighted by Crippen LogP contribution is -2.14. The fraction of sp³-hybridized carbons (Fsp3) is 0.368. The number of nitrogens with one attached hydrogen (secondary N) is 1. The van der Waals surface area contributed by atoms with Crippen molar-refractivity contribution in [2.24, 2.45) is 12.5 Å². The number of nitrogens with zero attached hydrogens (tertiary/aromatic N) is 2. The molecule has 2 aromatic rings. The van der Waals surface area contributed by atoms with Crippen molar-refractivity contribution in [3.63, 3.8) is 0 Å². The second kappa shape index (κ2) is 6.41. The van der Waals surface area contributed by atoms with Crippen LogP contribution in [0.5, 0.6) is 0 Å². The predicted molar refractivity (Wildman–Crippen MR) is 95.4 cm³/mol. The smallest absolute Gasteiger partial charge is 0.259 e. The summed E-state index contributed by atoms with van der Waals surface area (Å²) in [4.78, 5) is 12.5. The zero-order valence-electron chi connectivity index (χ0n) is 14.6. The van der Waals surface area contributed by atoms with E-state index in [-0.39, 0.29) is 11.3 Å². The summed E-state index contributed by atoms with van der Waals surface area (Å²) in [5.41, 5.74) is 4.25. The van der Waals surface area contributed by atoms with Crippen molar-refractivity contribution in [3.8, 4) is 0 Å². The monoisotopic (exact) mass is 311 g/mol. The van der Waals surface area contributed by atoms with E-state index in [1.54, 1.807) is 10.9 Å². The molecule has 0 saturated heterocycles. The lowest BCUT2D eigenvalue weighted by Gasteiger charge is -2.21. The van der Waals surface area contributed by atoms with Crippen LogP contribution in [0.25, 0.3) is 5.57 Å². The van der Waals surface area contributed by atoms with Crippen LogP contribution in [0.2, 0.25) is 0 Å². The molecule has 0 atom stereocenters.